The number of anilines is 1. The van der Waals surface area contributed by atoms with Crippen LogP contribution < -0.4 is 11.1 Å². The van der Waals surface area contributed by atoms with Gasteiger partial charge in [0.15, 0.2) is 0 Å². The van der Waals surface area contributed by atoms with E-state index in [1.165, 1.54) is 4.90 Å². The number of amides is 1. The van der Waals surface area contributed by atoms with E-state index in [1.807, 2.05) is 38.1 Å². The fourth-order valence-electron chi connectivity index (χ4n) is 1.46. The SMILES string of the molecule is CCSc1ccc(NC(=O)CCC(C)(C)N)cc1. The molecule has 1 aromatic rings. The van der Waals surface area contributed by atoms with Crippen LogP contribution in [-0.2, 0) is 4.79 Å². The van der Waals surface area contributed by atoms with Crippen molar-refractivity contribution in [2.75, 3.05) is 11.1 Å². The van der Waals surface area contributed by atoms with E-state index in [2.05, 4.69) is 12.2 Å². The van der Waals surface area contributed by atoms with Crippen molar-refractivity contribution in [3.63, 3.8) is 0 Å². The minimum Gasteiger partial charge on any atom is -0.326 e. The number of hydrogen-bond donors (Lipinski definition) is 2. The van der Waals surface area contributed by atoms with E-state index in [0.29, 0.717) is 12.8 Å². The first-order valence-corrected chi connectivity index (χ1v) is 7.21. The molecule has 0 saturated carbocycles. The van der Waals surface area contributed by atoms with E-state index < -0.39 is 0 Å². The first-order chi connectivity index (χ1) is 8.40. The number of nitrogens with one attached hydrogen (secondary N) is 1. The Morgan fingerprint density at radius 2 is 1.94 bits per heavy atom. The van der Waals surface area contributed by atoms with E-state index in [-0.39, 0.29) is 11.4 Å². The molecule has 4 heteroatoms. The maximum Gasteiger partial charge on any atom is 0.224 e. The van der Waals surface area contributed by atoms with Gasteiger partial charge in [0.2, 0.25) is 5.91 Å². The molecule has 18 heavy (non-hydrogen) atoms. The third-order valence-corrected chi connectivity index (χ3v) is 3.34. The minimum atomic E-state index is -0.293. The maximum atomic E-state index is 11.7. The summed E-state index contributed by atoms with van der Waals surface area (Å²) in [6, 6.07) is 7.92. The first kappa shape index (κ1) is 15.1. The fraction of sp³-hybridized carbons (Fsp3) is 0.500. The molecule has 0 saturated heterocycles. The highest BCUT2D eigenvalue weighted by Crippen LogP contribution is 2.20. The molecule has 0 radical (unpaired) electrons. The van der Waals surface area contributed by atoms with Gasteiger partial charge in [-0.25, -0.2) is 0 Å². The summed E-state index contributed by atoms with van der Waals surface area (Å²) in [5.74, 6) is 1.07. The van der Waals surface area contributed by atoms with Gasteiger partial charge < -0.3 is 11.1 Å². The lowest BCUT2D eigenvalue weighted by Crippen LogP contribution is -2.33. The van der Waals surface area contributed by atoms with Gasteiger partial charge in [0.1, 0.15) is 0 Å². The molecule has 0 aliphatic heterocycles. The zero-order valence-corrected chi connectivity index (χ0v) is 12.1. The van der Waals surface area contributed by atoms with Gasteiger partial charge in [0.05, 0.1) is 0 Å². The van der Waals surface area contributed by atoms with Crippen molar-refractivity contribution in [3.8, 4) is 0 Å². The Kier molecular flexibility index (Phi) is 5.69. The van der Waals surface area contributed by atoms with Crippen molar-refractivity contribution in [3.05, 3.63) is 24.3 Å². The van der Waals surface area contributed by atoms with Gasteiger partial charge in [-0.05, 0) is 50.3 Å². The van der Waals surface area contributed by atoms with Crippen LogP contribution >= 0.6 is 11.8 Å². The van der Waals surface area contributed by atoms with E-state index in [1.54, 1.807) is 11.8 Å². The molecule has 0 spiro atoms. The molecule has 0 bridgehead atoms. The predicted octanol–water partition coefficient (Wildman–Crippen LogP) is 3.25. The van der Waals surface area contributed by atoms with E-state index in [9.17, 15) is 4.79 Å². The molecular formula is C14H22N2OS. The largest absolute Gasteiger partial charge is 0.326 e. The predicted molar refractivity (Wildman–Crippen MR) is 79.0 cm³/mol. The molecule has 0 unspecified atom stereocenters. The van der Waals surface area contributed by atoms with Gasteiger partial charge in [-0.3, -0.25) is 4.79 Å². The van der Waals surface area contributed by atoms with Crippen molar-refractivity contribution in [1.29, 1.82) is 0 Å². The molecule has 0 heterocycles. The topological polar surface area (TPSA) is 55.1 Å². The lowest BCUT2D eigenvalue weighted by atomic mass is 10.00. The Morgan fingerprint density at radius 1 is 1.33 bits per heavy atom. The zero-order valence-electron chi connectivity index (χ0n) is 11.3. The first-order valence-electron chi connectivity index (χ1n) is 6.22. The van der Waals surface area contributed by atoms with Crippen LogP contribution in [0.15, 0.2) is 29.2 Å². The van der Waals surface area contributed by atoms with Crippen LogP contribution in [0.25, 0.3) is 0 Å². The molecule has 0 aromatic heterocycles. The summed E-state index contributed by atoms with van der Waals surface area (Å²) in [6.07, 6.45) is 1.14. The normalized spacial score (nSPS) is 11.3. The van der Waals surface area contributed by atoms with Gasteiger partial charge in [-0.1, -0.05) is 6.92 Å². The molecule has 1 amide bonds. The lowest BCUT2D eigenvalue weighted by molar-refractivity contribution is -0.116. The summed E-state index contributed by atoms with van der Waals surface area (Å²) >= 11 is 1.79. The minimum absolute atomic E-state index is 0.0180. The molecular weight excluding hydrogens is 244 g/mol. The number of nitrogens with two attached hydrogens (primary N) is 1. The van der Waals surface area contributed by atoms with Crippen LogP contribution in [0.5, 0.6) is 0 Å². The monoisotopic (exact) mass is 266 g/mol. The second-order valence-electron chi connectivity index (χ2n) is 4.99. The molecule has 100 valence electrons. The van der Waals surface area contributed by atoms with Crippen LogP contribution in [-0.4, -0.2) is 17.2 Å². The van der Waals surface area contributed by atoms with E-state index >= 15 is 0 Å². The molecule has 0 aliphatic rings. The van der Waals surface area contributed by atoms with E-state index in [4.69, 9.17) is 5.73 Å². The smallest absolute Gasteiger partial charge is 0.224 e. The Morgan fingerprint density at radius 3 is 2.44 bits per heavy atom. The van der Waals surface area contributed by atoms with E-state index in [0.717, 1.165) is 11.4 Å². The number of carbonyl (C=O) groups excluding carboxylic acids is 1. The standard InChI is InChI=1S/C14H22N2OS/c1-4-18-12-7-5-11(6-8-12)16-13(17)9-10-14(2,3)15/h5-8H,4,9-10,15H2,1-3H3,(H,16,17). The zero-order chi connectivity index (χ0) is 13.6. The number of rotatable bonds is 6. The molecule has 0 atom stereocenters. The van der Waals surface area contributed by atoms with Crippen molar-refractivity contribution in [2.45, 2.75) is 44.0 Å². The highest BCUT2D eigenvalue weighted by atomic mass is 32.2. The van der Waals surface area contributed by atoms with Gasteiger partial charge in [0, 0.05) is 22.5 Å². The summed E-state index contributed by atoms with van der Waals surface area (Å²) in [4.78, 5) is 12.9. The van der Waals surface area contributed by atoms with Crippen LogP contribution in [0.1, 0.15) is 33.6 Å². The summed E-state index contributed by atoms with van der Waals surface area (Å²) in [5, 5.41) is 2.88. The maximum absolute atomic E-state index is 11.7. The third kappa shape index (κ3) is 6.07. The second-order valence-corrected chi connectivity index (χ2v) is 6.33. The number of hydrogen-bond acceptors (Lipinski definition) is 3. The summed E-state index contributed by atoms with van der Waals surface area (Å²) < 4.78 is 0. The quantitative estimate of drug-likeness (QED) is 0.777. The average Bonchev–Trinajstić information content (AvgIpc) is 2.29. The van der Waals surface area contributed by atoms with Crippen molar-refractivity contribution < 1.29 is 4.79 Å². The molecule has 3 nitrogen and oxygen atoms in total. The summed E-state index contributed by atoms with van der Waals surface area (Å²) in [7, 11) is 0. The van der Waals surface area contributed by atoms with Crippen molar-refractivity contribution in [1.82, 2.24) is 0 Å². The number of thioether (sulfide) groups is 1. The molecule has 3 N–H and O–H groups in total. The highest BCUT2D eigenvalue weighted by molar-refractivity contribution is 7.99. The molecule has 0 aliphatic carbocycles. The second kappa shape index (κ2) is 6.81. The Bertz CT molecular complexity index is 382. The summed E-state index contributed by atoms with van der Waals surface area (Å²) in [5.41, 5.74) is 6.40. The lowest BCUT2D eigenvalue weighted by Gasteiger charge is -2.17. The van der Waals surface area contributed by atoms with Gasteiger partial charge in [0.25, 0.3) is 0 Å². The van der Waals surface area contributed by atoms with Crippen LogP contribution in [0, 0.1) is 0 Å². The van der Waals surface area contributed by atoms with Crippen LogP contribution in [0.4, 0.5) is 5.69 Å². The van der Waals surface area contributed by atoms with Crippen molar-refractivity contribution >= 4 is 23.4 Å². The average molecular weight is 266 g/mol. The van der Waals surface area contributed by atoms with Gasteiger partial charge >= 0.3 is 0 Å². The molecule has 1 aromatic carbocycles. The van der Waals surface area contributed by atoms with Crippen LogP contribution in [0.3, 0.4) is 0 Å². The Labute approximate surface area is 114 Å². The van der Waals surface area contributed by atoms with Crippen LogP contribution in [0.2, 0.25) is 0 Å². The molecule has 1 rings (SSSR count). The fourth-order valence-corrected chi connectivity index (χ4v) is 2.12. The number of benzene rings is 1. The van der Waals surface area contributed by atoms with Gasteiger partial charge in [-0.15, -0.1) is 11.8 Å². The third-order valence-electron chi connectivity index (χ3n) is 2.45. The van der Waals surface area contributed by atoms with Gasteiger partial charge in [-0.2, -0.15) is 0 Å². The summed E-state index contributed by atoms with van der Waals surface area (Å²) in [6.45, 7) is 5.98. The molecule has 0 fully saturated rings. The Hall–Kier alpha value is -1.00. The van der Waals surface area contributed by atoms with Crippen molar-refractivity contribution in [2.24, 2.45) is 5.73 Å². The number of carbonyl (C=O) groups is 1. The highest BCUT2D eigenvalue weighted by Gasteiger charge is 2.13. The Balaban J connectivity index is 2.44.